The highest BCUT2D eigenvalue weighted by atomic mass is 32.2. The summed E-state index contributed by atoms with van der Waals surface area (Å²) in [6.07, 6.45) is 1.73. The fourth-order valence-corrected chi connectivity index (χ4v) is 5.35. The third-order valence-electron chi connectivity index (χ3n) is 3.81. The Hall–Kier alpha value is -0.100. The normalized spacial score (nSPS) is 26.7. The van der Waals surface area contributed by atoms with Crippen LogP contribution in [-0.2, 0) is 11.3 Å². The molecule has 1 atom stereocenters. The third-order valence-corrected chi connectivity index (χ3v) is 6.31. The summed E-state index contributed by atoms with van der Waals surface area (Å²) in [6.45, 7) is 8.58. The number of thiazole rings is 1. The summed E-state index contributed by atoms with van der Waals surface area (Å²) in [7, 11) is 0. The number of aromatic nitrogens is 1. The predicted molar refractivity (Wildman–Crippen MR) is 77.3 cm³/mol. The van der Waals surface area contributed by atoms with E-state index < -0.39 is 0 Å². The first kappa shape index (κ1) is 12.9. The zero-order valence-corrected chi connectivity index (χ0v) is 12.6. The molecule has 1 aromatic heterocycles. The average molecular weight is 284 g/mol. The van der Waals surface area contributed by atoms with Crippen molar-refractivity contribution in [1.82, 2.24) is 9.88 Å². The first-order chi connectivity index (χ1) is 8.71. The van der Waals surface area contributed by atoms with Gasteiger partial charge in [-0.15, -0.1) is 23.1 Å². The second kappa shape index (κ2) is 5.12. The van der Waals surface area contributed by atoms with Gasteiger partial charge in [0.25, 0.3) is 0 Å². The quantitative estimate of drug-likeness (QED) is 0.848. The Labute approximate surface area is 117 Å². The van der Waals surface area contributed by atoms with Crippen LogP contribution in [0.4, 0.5) is 0 Å². The van der Waals surface area contributed by atoms with E-state index in [9.17, 15) is 0 Å². The zero-order chi connectivity index (χ0) is 12.6. The average Bonchev–Trinajstić information content (AvgIpc) is 2.87. The lowest BCUT2D eigenvalue weighted by Gasteiger charge is -2.47. The number of aryl methyl sites for hydroxylation is 1. The second-order valence-electron chi connectivity index (χ2n) is 5.28. The van der Waals surface area contributed by atoms with E-state index >= 15 is 0 Å². The van der Waals surface area contributed by atoms with Gasteiger partial charge in [-0.05, 0) is 20.3 Å². The molecule has 0 unspecified atom stereocenters. The summed E-state index contributed by atoms with van der Waals surface area (Å²) in [5, 5.41) is 0. The van der Waals surface area contributed by atoms with Crippen molar-refractivity contribution in [2.45, 2.75) is 37.7 Å². The van der Waals surface area contributed by atoms with Crippen molar-refractivity contribution < 1.29 is 4.74 Å². The molecule has 3 heterocycles. The highest BCUT2D eigenvalue weighted by Crippen LogP contribution is 2.46. The van der Waals surface area contributed by atoms with Crippen LogP contribution in [0.25, 0.3) is 0 Å². The van der Waals surface area contributed by atoms with Gasteiger partial charge in [0.05, 0.1) is 17.3 Å². The van der Waals surface area contributed by atoms with Gasteiger partial charge in [-0.2, -0.15) is 0 Å². The first-order valence-corrected chi connectivity index (χ1v) is 8.44. The molecule has 0 bridgehead atoms. The Morgan fingerprint density at radius 3 is 3.06 bits per heavy atom. The van der Waals surface area contributed by atoms with Crippen molar-refractivity contribution in [1.29, 1.82) is 0 Å². The molecular formula is C13H20N2OS2. The van der Waals surface area contributed by atoms with Gasteiger partial charge in [-0.3, -0.25) is 4.90 Å². The molecule has 1 spiro atoms. The molecule has 0 saturated carbocycles. The van der Waals surface area contributed by atoms with Crippen molar-refractivity contribution in [3.8, 4) is 0 Å². The Kier molecular flexibility index (Phi) is 3.67. The van der Waals surface area contributed by atoms with Crippen LogP contribution in [0.5, 0.6) is 0 Å². The van der Waals surface area contributed by atoms with E-state index in [1.807, 2.05) is 5.51 Å². The molecule has 5 heteroatoms. The van der Waals surface area contributed by atoms with E-state index in [0.29, 0.717) is 10.9 Å². The fraction of sp³-hybridized carbons (Fsp3) is 0.769. The minimum Gasteiger partial charge on any atom is -0.378 e. The second-order valence-corrected chi connectivity index (χ2v) is 7.71. The third kappa shape index (κ3) is 2.46. The van der Waals surface area contributed by atoms with E-state index in [2.05, 4.69) is 35.5 Å². The lowest BCUT2D eigenvalue weighted by atomic mass is 9.93. The topological polar surface area (TPSA) is 25.4 Å². The highest BCUT2D eigenvalue weighted by molar-refractivity contribution is 8.01. The van der Waals surface area contributed by atoms with Gasteiger partial charge < -0.3 is 4.74 Å². The predicted octanol–water partition coefficient (Wildman–Crippen LogP) is 2.55. The van der Waals surface area contributed by atoms with Crippen LogP contribution in [-0.4, -0.2) is 46.2 Å². The molecule has 18 heavy (non-hydrogen) atoms. The zero-order valence-electron chi connectivity index (χ0n) is 11.0. The van der Waals surface area contributed by atoms with E-state index in [1.165, 1.54) is 35.8 Å². The van der Waals surface area contributed by atoms with Crippen molar-refractivity contribution in [2.24, 2.45) is 0 Å². The Morgan fingerprint density at radius 2 is 2.39 bits per heavy atom. The summed E-state index contributed by atoms with van der Waals surface area (Å²) in [6, 6.07) is 0. The minimum absolute atomic E-state index is 0.493. The maximum absolute atomic E-state index is 5.75. The van der Waals surface area contributed by atoms with Gasteiger partial charge in [0.1, 0.15) is 0 Å². The van der Waals surface area contributed by atoms with Crippen molar-refractivity contribution in [2.75, 3.05) is 25.4 Å². The van der Waals surface area contributed by atoms with E-state index in [4.69, 9.17) is 4.74 Å². The van der Waals surface area contributed by atoms with Crippen LogP contribution in [0.3, 0.4) is 0 Å². The summed E-state index contributed by atoms with van der Waals surface area (Å²) in [5.41, 5.74) is 3.16. The van der Waals surface area contributed by atoms with Crippen LogP contribution >= 0.6 is 23.1 Å². The van der Waals surface area contributed by atoms with E-state index in [0.717, 1.165) is 13.2 Å². The number of ether oxygens (including phenoxy) is 1. The molecule has 1 aromatic rings. The summed E-state index contributed by atoms with van der Waals surface area (Å²) in [4.78, 5) is 8.29. The number of thioether (sulfide) groups is 1. The number of rotatable bonds is 4. The van der Waals surface area contributed by atoms with Gasteiger partial charge in [0.2, 0.25) is 0 Å². The fourth-order valence-electron chi connectivity index (χ4n) is 2.93. The molecule has 3 rings (SSSR count). The minimum atomic E-state index is 0.493. The molecule has 2 fully saturated rings. The first-order valence-electron chi connectivity index (χ1n) is 6.58. The molecule has 3 nitrogen and oxygen atoms in total. The molecule has 0 aromatic carbocycles. The summed E-state index contributed by atoms with van der Waals surface area (Å²) >= 11 is 3.90. The maximum Gasteiger partial charge on any atom is 0.0798 e. The lowest BCUT2D eigenvalue weighted by Crippen LogP contribution is -2.58. The largest absolute Gasteiger partial charge is 0.378 e. The Morgan fingerprint density at radius 1 is 1.56 bits per heavy atom. The lowest BCUT2D eigenvalue weighted by molar-refractivity contribution is 0.0420. The highest BCUT2D eigenvalue weighted by Gasteiger charge is 2.49. The van der Waals surface area contributed by atoms with Gasteiger partial charge in [-0.25, -0.2) is 4.98 Å². The van der Waals surface area contributed by atoms with Gasteiger partial charge in [-0.1, -0.05) is 0 Å². The Bertz CT molecular complexity index is 415. The maximum atomic E-state index is 5.75. The Balaban J connectivity index is 1.50. The molecule has 2 saturated heterocycles. The van der Waals surface area contributed by atoms with Crippen molar-refractivity contribution in [3.05, 3.63) is 16.1 Å². The van der Waals surface area contributed by atoms with Crippen molar-refractivity contribution in [3.63, 3.8) is 0 Å². The van der Waals surface area contributed by atoms with Gasteiger partial charge in [0, 0.05) is 41.6 Å². The van der Waals surface area contributed by atoms with Crippen LogP contribution < -0.4 is 0 Å². The van der Waals surface area contributed by atoms with E-state index in [1.54, 1.807) is 11.3 Å². The van der Waals surface area contributed by atoms with Crippen LogP contribution in [0.1, 0.15) is 23.9 Å². The van der Waals surface area contributed by atoms with E-state index in [-0.39, 0.29) is 0 Å². The van der Waals surface area contributed by atoms with Crippen molar-refractivity contribution >= 4 is 23.1 Å². The molecule has 0 radical (unpaired) electrons. The van der Waals surface area contributed by atoms with Gasteiger partial charge in [0.15, 0.2) is 0 Å². The molecule has 100 valence electrons. The van der Waals surface area contributed by atoms with Crippen LogP contribution in [0.2, 0.25) is 0 Å². The van der Waals surface area contributed by atoms with Crippen LogP contribution in [0, 0.1) is 6.92 Å². The van der Waals surface area contributed by atoms with Gasteiger partial charge >= 0.3 is 0 Å². The SMILES string of the molecule is CCO[C@@H]1CSC2(C1)CN(Cc1scnc1C)C2. The monoisotopic (exact) mass is 284 g/mol. The molecular weight excluding hydrogens is 264 g/mol. The number of hydrogen-bond donors (Lipinski definition) is 0. The smallest absolute Gasteiger partial charge is 0.0798 e. The molecule has 2 aliphatic rings. The molecule has 2 aliphatic heterocycles. The summed E-state index contributed by atoms with van der Waals surface area (Å²) in [5.74, 6) is 1.18. The number of nitrogens with zero attached hydrogens (tertiary/aromatic N) is 2. The molecule has 0 aliphatic carbocycles. The summed E-state index contributed by atoms with van der Waals surface area (Å²) < 4.78 is 6.25. The molecule has 0 amide bonds. The van der Waals surface area contributed by atoms with Crippen LogP contribution in [0.15, 0.2) is 5.51 Å². The number of likely N-dealkylation sites (tertiary alicyclic amines) is 1. The molecule has 0 N–H and O–H groups in total. The standard InChI is InChI=1S/C13H20N2OS2/c1-3-16-11-4-13(18-6-11)7-15(8-13)5-12-10(2)14-9-17-12/h9,11H,3-8H2,1-2H3/t11-/m0/s1. The number of hydrogen-bond acceptors (Lipinski definition) is 5.